The molecule has 0 radical (unpaired) electrons. The Bertz CT molecular complexity index is 666. The topological polar surface area (TPSA) is 98.3 Å². The van der Waals surface area contributed by atoms with Crippen LogP contribution in [-0.2, 0) is 0 Å². The molecule has 0 saturated carbocycles. The van der Waals surface area contributed by atoms with Crippen LogP contribution in [0.15, 0.2) is 42.5 Å². The fourth-order valence-electron chi connectivity index (χ4n) is 1.78. The van der Waals surface area contributed by atoms with E-state index in [1.807, 2.05) is 0 Å². The summed E-state index contributed by atoms with van der Waals surface area (Å²) in [6.07, 6.45) is 0. The van der Waals surface area contributed by atoms with E-state index in [9.17, 15) is 14.9 Å². The minimum Gasteiger partial charge on any atom is -0.399 e. The number of nitro groups is 1. The second-order valence-electron chi connectivity index (χ2n) is 4.33. The van der Waals surface area contributed by atoms with Gasteiger partial charge in [-0.25, -0.2) is 0 Å². The van der Waals surface area contributed by atoms with Crippen LogP contribution in [0.2, 0.25) is 0 Å². The lowest BCUT2D eigenvalue weighted by molar-refractivity contribution is -0.384. The quantitative estimate of drug-likeness (QED) is 0.509. The molecule has 0 aliphatic rings. The normalized spacial score (nSPS) is 10.1. The van der Waals surface area contributed by atoms with Gasteiger partial charge in [0.2, 0.25) is 0 Å². The van der Waals surface area contributed by atoms with Crippen LogP contribution in [0.25, 0.3) is 0 Å². The zero-order valence-electron chi connectivity index (χ0n) is 10.8. The molecule has 0 bridgehead atoms. The summed E-state index contributed by atoms with van der Waals surface area (Å²) in [4.78, 5) is 22.2. The molecule has 3 N–H and O–H groups in total. The number of hydrogen-bond donors (Lipinski definition) is 2. The number of aryl methyl sites for hydroxylation is 1. The fraction of sp³-hybridized carbons (Fsp3) is 0.0714. The highest BCUT2D eigenvalue weighted by Gasteiger charge is 2.13. The number of rotatable bonds is 3. The predicted octanol–water partition coefficient (Wildman–Crippen LogP) is 2.74. The minimum absolute atomic E-state index is 0.0356. The van der Waals surface area contributed by atoms with Gasteiger partial charge in [-0.3, -0.25) is 14.9 Å². The van der Waals surface area contributed by atoms with Gasteiger partial charge in [0, 0.05) is 29.1 Å². The van der Waals surface area contributed by atoms with Crippen molar-refractivity contribution in [2.45, 2.75) is 6.92 Å². The van der Waals surface area contributed by atoms with Crippen molar-refractivity contribution in [2.24, 2.45) is 0 Å². The second-order valence-corrected chi connectivity index (χ2v) is 4.33. The number of nitrogen functional groups attached to an aromatic ring is 1. The van der Waals surface area contributed by atoms with Gasteiger partial charge in [0.1, 0.15) is 0 Å². The number of benzene rings is 2. The number of carbonyl (C=O) groups is 1. The van der Waals surface area contributed by atoms with Gasteiger partial charge in [-0.15, -0.1) is 0 Å². The van der Waals surface area contributed by atoms with Crippen LogP contribution in [0.5, 0.6) is 0 Å². The van der Waals surface area contributed by atoms with Crippen LogP contribution in [0, 0.1) is 17.0 Å². The highest BCUT2D eigenvalue weighted by atomic mass is 16.6. The molecule has 102 valence electrons. The van der Waals surface area contributed by atoms with Crippen molar-refractivity contribution < 1.29 is 9.72 Å². The summed E-state index contributed by atoms with van der Waals surface area (Å²) >= 11 is 0. The molecule has 0 spiro atoms. The number of non-ortho nitro benzene ring substituents is 1. The Labute approximate surface area is 115 Å². The highest BCUT2D eigenvalue weighted by Crippen LogP contribution is 2.19. The molecule has 0 aliphatic carbocycles. The summed E-state index contributed by atoms with van der Waals surface area (Å²) in [5.74, 6) is -0.317. The molecule has 0 heterocycles. The van der Waals surface area contributed by atoms with Gasteiger partial charge in [0.05, 0.1) is 4.92 Å². The van der Waals surface area contributed by atoms with Gasteiger partial charge in [-0.2, -0.15) is 0 Å². The highest BCUT2D eigenvalue weighted by molar-refractivity contribution is 6.05. The number of nitrogens with two attached hydrogens (primary N) is 1. The van der Waals surface area contributed by atoms with Gasteiger partial charge in [-0.05, 0) is 42.8 Å². The molecule has 2 aromatic carbocycles. The minimum atomic E-state index is -0.491. The van der Waals surface area contributed by atoms with E-state index < -0.39 is 4.92 Å². The number of hydrogen-bond acceptors (Lipinski definition) is 4. The summed E-state index contributed by atoms with van der Waals surface area (Å²) in [7, 11) is 0. The van der Waals surface area contributed by atoms with Gasteiger partial charge in [0.15, 0.2) is 0 Å². The van der Waals surface area contributed by atoms with Crippen LogP contribution in [0.4, 0.5) is 17.1 Å². The number of nitrogens with zero attached hydrogens (tertiary/aromatic N) is 1. The molecular formula is C14H13N3O3. The van der Waals surface area contributed by atoms with Crippen LogP contribution < -0.4 is 11.1 Å². The van der Waals surface area contributed by atoms with Gasteiger partial charge >= 0.3 is 0 Å². The summed E-state index contributed by atoms with van der Waals surface area (Å²) in [5, 5.41) is 13.4. The van der Waals surface area contributed by atoms with Crippen molar-refractivity contribution in [3.63, 3.8) is 0 Å². The maximum Gasteiger partial charge on any atom is 0.269 e. The molecule has 0 aromatic heterocycles. The van der Waals surface area contributed by atoms with Gasteiger partial charge in [0.25, 0.3) is 11.6 Å². The Morgan fingerprint density at radius 1 is 1.20 bits per heavy atom. The van der Waals surface area contributed by atoms with Gasteiger partial charge in [-0.1, -0.05) is 0 Å². The largest absolute Gasteiger partial charge is 0.399 e. The van der Waals surface area contributed by atoms with Crippen molar-refractivity contribution in [2.75, 3.05) is 11.1 Å². The molecule has 0 aliphatic heterocycles. The fourth-order valence-corrected chi connectivity index (χ4v) is 1.78. The van der Waals surface area contributed by atoms with Crippen molar-refractivity contribution in [3.05, 3.63) is 63.7 Å². The Kier molecular flexibility index (Phi) is 3.65. The molecule has 0 atom stereocenters. The summed E-state index contributed by atoms with van der Waals surface area (Å²) in [6, 6.07) is 10.9. The first-order valence-electron chi connectivity index (χ1n) is 5.89. The van der Waals surface area contributed by atoms with E-state index in [4.69, 9.17) is 5.73 Å². The molecule has 1 amide bonds. The second kappa shape index (κ2) is 5.40. The predicted molar refractivity (Wildman–Crippen MR) is 76.6 cm³/mol. The molecule has 2 aromatic rings. The molecule has 6 heteroatoms. The van der Waals surface area contributed by atoms with Crippen molar-refractivity contribution in [1.82, 2.24) is 0 Å². The Balaban J connectivity index is 2.21. The number of nitrogens with one attached hydrogen (secondary N) is 1. The summed E-state index contributed by atoms with van der Waals surface area (Å²) in [5.41, 5.74) is 7.69. The Morgan fingerprint density at radius 3 is 2.40 bits per heavy atom. The summed E-state index contributed by atoms with van der Waals surface area (Å²) < 4.78 is 0. The van der Waals surface area contributed by atoms with E-state index in [-0.39, 0.29) is 11.6 Å². The Morgan fingerprint density at radius 2 is 1.85 bits per heavy atom. The van der Waals surface area contributed by atoms with Crippen molar-refractivity contribution in [1.29, 1.82) is 0 Å². The van der Waals surface area contributed by atoms with Crippen molar-refractivity contribution >= 4 is 23.0 Å². The smallest absolute Gasteiger partial charge is 0.269 e. The monoisotopic (exact) mass is 271 g/mol. The number of anilines is 2. The molecule has 0 fully saturated rings. The zero-order chi connectivity index (χ0) is 14.7. The first kappa shape index (κ1) is 13.5. The van der Waals surface area contributed by atoms with Crippen LogP contribution in [0.3, 0.4) is 0 Å². The van der Waals surface area contributed by atoms with Crippen LogP contribution in [-0.4, -0.2) is 10.8 Å². The average molecular weight is 271 g/mol. The molecule has 6 nitrogen and oxygen atoms in total. The van der Waals surface area contributed by atoms with Crippen LogP contribution >= 0.6 is 0 Å². The van der Waals surface area contributed by atoms with Crippen molar-refractivity contribution in [3.8, 4) is 0 Å². The molecular weight excluding hydrogens is 258 g/mol. The SMILES string of the molecule is Cc1cc([N+](=O)[O-])ccc1C(=O)Nc1ccc(N)cc1. The standard InChI is InChI=1S/C14H13N3O3/c1-9-8-12(17(19)20)6-7-13(9)14(18)16-11-4-2-10(15)3-5-11/h2-8H,15H2,1H3,(H,16,18). The van der Waals surface area contributed by atoms with E-state index in [0.717, 1.165) is 0 Å². The summed E-state index contributed by atoms with van der Waals surface area (Å²) in [6.45, 7) is 1.66. The van der Waals surface area contributed by atoms with E-state index >= 15 is 0 Å². The van der Waals surface area contributed by atoms with E-state index in [1.54, 1.807) is 31.2 Å². The van der Waals surface area contributed by atoms with Crippen LogP contribution in [0.1, 0.15) is 15.9 Å². The average Bonchev–Trinajstić information content (AvgIpc) is 2.41. The third-order valence-corrected chi connectivity index (χ3v) is 2.83. The maximum absolute atomic E-state index is 12.1. The first-order chi connectivity index (χ1) is 9.47. The third kappa shape index (κ3) is 2.92. The Hall–Kier alpha value is -2.89. The van der Waals surface area contributed by atoms with E-state index in [2.05, 4.69) is 5.32 Å². The molecule has 20 heavy (non-hydrogen) atoms. The lowest BCUT2D eigenvalue weighted by Crippen LogP contribution is -2.13. The number of amides is 1. The number of nitro benzene ring substituents is 1. The van der Waals surface area contributed by atoms with Gasteiger partial charge < -0.3 is 11.1 Å². The molecule has 2 rings (SSSR count). The first-order valence-corrected chi connectivity index (χ1v) is 5.89. The lowest BCUT2D eigenvalue weighted by Gasteiger charge is -2.07. The molecule has 0 unspecified atom stereocenters. The third-order valence-electron chi connectivity index (χ3n) is 2.83. The maximum atomic E-state index is 12.1. The number of carbonyl (C=O) groups excluding carboxylic acids is 1. The van der Waals surface area contributed by atoms with E-state index in [1.165, 1.54) is 18.2 Å². The lowest BCUT2D eigenvalue weighted by atomic mass is 10.1. The zero-order valence-corrected chi connectivity index (χ0v) is 10.8. The van der Waals surface area contributed by atoms with E-state index in [0.29, 0.717) is 22.5 Å². The molecule has 0 saturated heterocycles.